The molecule has 0 aliphatic rings. The van der Waals surface area contributed by atoms with E-state index in [0.717, 1.165) is 12.1 Å². The fourth-order valence-electron chi connectivity index (χ4n) is 1.57. The summed E-state index contributed by atoms with van der Waals surface area (Å²) in [6.45, 7) is 2.65. The Morgan fingerprint density at radius 3 is 2.62 bits per heavy atom. The van der Waals surface area contributed by atoms with Gasteiger partial charge in [0.1, 0.15) is 5.75 Å². The largest absolute Gasteiger partial charge is 0.495 e. The number of likely N-dealkylation sites (N-methyl/N-ethyl adjacent to an activating group) is 1. The van der Waals surface area contributed by atoms with Crippen LogP contribution >= 0.6 is 23.2 Å². The lowest BCUT2D eigenvalue weighted by molar-refractivity contribution is 0.243. The number of ether oxygens (including phenoxy) is 1. The summed E-state index contributed by atoms with van der Waals surface area (Å²) in [7, 11) is 1.54. The van der Waals surface area contributed by atoms with Crippen molar-refractivity contribution in [3.63, 3.8) is 0 Å². The number of benzene rings is 1. The zero-order valence-electron chi connectivity index (χ0n) is 9.26. The second-order valence-corrected chi connectivity index (χ2v) is 4.15. The summed E-state index contributed by atoms with van der Waals surface area (Å²) in [4.78, 5) is 0. The van der Waals surface area contributed by atoms with Crippen molar-refractivity contribution in [2.45, 2.75) is 13.0 Å². The number of nitrogens with one attached hydrogen (secondary N) is 1. The van der Waals surface area contributed by atoms with Crippen molar-refractivity contribution < 1.29 is 9.84 Å². The number of aliphatic hydroxyl groups is 1. The first-order valence-corrected chi connectivity index (χ1v) is 5.76. The van der Waals surface area contributed by atoms with E-state index in [1.807, 2.05) is 6.92 Å². The predicted molar refractivity (Wildman–Crippen MR) is 66.5 cm³/mol. The molecule has 0 amide bonds. The standard InChI is InChI=1S/C11H15Cl2NO2/c1-3-14-10(6-15)8-4-7(12)5-9(13)11(8)16-2/h4-5,10,14-15H,3,6H2,1-2H3. The number of rotatable bonds is 5. The molecule has 0 bridgehead atoms. The summed E-state index contributed by atoms with van der Waals surface area (Å²) in [5.41, 5.74) is 0.768. The molecule has 0 heterocycles. The van der Waals surface area contributed by atoms with E-state index < -0.39 is 0 Å². The Hall–Kier alpha value is -0.480. The Labute approximate surface area is 105 Å². The summed E-state index contributed by atoms with van der Waals surface area (Å²) in [6, 6.07) is 3.14. The topological polar surface area (TPSA) is 41.5 Å². The van der Waals surface area contributed by atoms with Gasteiger partial charge in [0.25, 0.3) is 0 Å². The summed E-state index contributed by atoms with van der Waals surface area (Å²) < 4.78 is 5.22. The van der Waals surface area contributed by atoms with Crippen LogP contribution < -0.4 is 10.1 Å². The van der Waals surface area contributed by atoms with Gasteiger partial charge in [0.05, 0.1) is 24.8 Å². The smallest absolute Gasteiger partial charge is 0.142 e. The predicted octanol–water partition coefficient (Wildman–Crippen LogP) is 2.64. The van der Waals surface area contributed by atoms with E-state index in [1.54, 1.807) is 19.2 Å². The van der Waals surface area contributed by atoms with Gasteiger partial charge >= 0.3 is 0 Å². The van der Waals surface area contributed by atoms with Crippen LogP contribution in [0.4, 0.5) is 0 Å². The molecule has 0 spiro atoms. The van der Waals surface area contributed by atoms with Crippen LogP contribution in [-0.4, -0.2) is 25.4 Å². The third kappa shape index (κ3) is 3.01. The van der Waals surface area contributed by atoms with Gasteiger partial charge < -0.3 is 15.2 Å². The summed E-state index contributed by atoms with van der Waals surface area (Å²) in [5, 5.41) is 13.4. The molecule has 16 heavy (non-hydrogen) atoms. The maximum atomic E-state index is 9.31. The Morgan fingerprint density at radius 1 is 1.44 bits per heavy atom. The fraction of sp³-hybridized carbons (Fsp3) is 0.455. The van der Waals surface area contributed by atoms with Crippen LogP contribution in [0.3, 0.4) is 0 Å². The summed E-state index contributed by atoms with van der Waals surface area (Å²) >= 11 is 11.9. The molecule has 1 aromatic rings. The van der Waals surface area contributed by atoms with Gasteiger partial charge in [-0.2, -0.15) is 0 Å². The van der Waals surface area contributed by atoms with Crippen molar-refractivity contribution in [3.05, 3.63) is 27.7 Å². The van der Waals surface area contributed by atoms with Gasteiger partial charge in [-0.3, -0.25) is 0 Å². The molecule has 0 saturated carbocycles. The van der Waals surface area contributed by atoms with E-state index in [1.165, 1.54) is 0 Å². The van der Waals surface area contributed by atoms with Crippen molar-refractivity contribution in [1.82, 2.24) is 5.32 Å². The highest BCUT2D eigenvalue weighted by Gasteiger charge is 2.17. The van der Waals surface area contributed by atoms with Crippen molar-refractivity contribution in [1.29, 1.82) is 0 Å². The van der Waals surface area contributed by atoms with Crippen LogP contribution in [0.25, 0.3) is 0 Å². The average molecular weight is 264 g/mol. The van der Waals surface area contributed by atoms with E-state index >= 15 is 0 Å². The van der Waals surface area contributed by atoms with Crippen LogP contribution in [0.5, 0.6) is 5.75 Å². The Balaban J connectivity index is 3.17. The highest BCUT2D eigenvalue weighted by Crippen LogP contribution is 2.35. The molecule has 0 radical (unpaired) electrons. The number of hydrogen-bond acceptors (Lipinski definition) is 3. The normalized spacial score (nSPS) is 12.6. The van der Waals surface area contributed by atoms with Crippen LogP contribution in [0.1, 0.15) is 18.5 Å². The number of aliphatic hydroxyl groups excluding tert-OH is 1. The number of halogens is 2. The molecule has 2 N–H and O–H groups in total. The third-order valence-electron chi connectivity index (χ3n) is 2.25. The second kappa shape index (κ2) is 6.30. The van der Waals surface area contributed by atoms with Crippen LogP contribution in [0.2, 0.25) is 10.0 Å². The number of hydrogen-bond donors (Lipinski definition) is 2. The van der Waals surface area contributed by atoms with E-state index in [2.05, 4.69) is 5.32 Å². The minimum absolute atomic E-state index is 0.0408. The van der Waals surface area contributed by atoms with E-state index in [-0.39, 0.29) is 12.6 Å². The lowest BCUT2D eigenvalue weighted by atomic mass is 10.1. The monoisotopic (exact) mass is 263 g/mol. The third-order valence-corrected chi connectivity index (χ3v) is 2.75. The first kappa shape index (κ1) is 13.6. The zero-order chi connectivity index (χ0) is 12.1. The van der Waals surface area contributed by atoms with E-state index in [9.17, 15) is 5.11 Å². The minimum Gasteiger partial charge on any atom is -0.495 e. The molecule has 0 aliphatic carbocycles. The van der Waals surface area contributed by atoms with E-state index in [0.29, 0.717) is 15.8 Å². The Bertz CT molecular complexity index is 358. The van der Waals surface area contributed by atoms with Gasteiger partial charge in [0, 0.05) is 10.6 Å². The SMILES string of the molecule is CCNC(CO)c1cc(Cl)cc(Cl)c1OC. The van der Waals surface area contributed by atoms with Crippen molar-refractivity contribution in [2.75, 3.05) is 20.3 Å². The first-order valence-electron chi connectivity index (χ1n) is 5.01. The molecule has 1 unspecified atom stereocenters. The molecule has 0 fully saturated rings. The van der Waals surface area contributed by atoms with Crippen LogP contribution in [0.15, 0.2) is 12.1 Å². The highest BCUT2D eigenvalue weighted by atomic mass is 35.5. The van der Waals surface area contributed by atoms with Crippen molar-refractivity contribution in [3.8, 4) is 5.75 Å². The molecular weight excluding hydrogens is 249 g/mol. The minimum atomic E-state index is -0.226. The lowest BCUT2D eigenvalue weighted by Crippen LogP contribution is -2.24. The first-order chi connectivity index (χ1) is 7.63. The molecule has 1 aromatic carbocycles. The van der Waals surface area contributed by atoms with E-state index in [4.69, 9.17) is 27.9 Å². The van der Waals surface area contributed by atoms with Crippen LogP contribution in [0, 0.1) is 0 Å². The Morgan fingerprint density at radius 2 is 2.12 bits per heavy atom. The maximum absolute atomic E-state index is 9.31. The van der Waals surface area contributed by atoms with Crippen LogP contribution in [-0.2, 0) is 0 Å². The maximum Gasteiger partial charge on any atom is 0.142 e. The number of methoxy groups -OCH3 is 1. The van der Waals surface area contributed by atoms with Gasteiger partial charge in [0.2, 0.25) is 0 Å². The highest BCUT2D eigenvalue weighted by molar-refractivity contribution is 6.35. The van der Waals surface area contributed by atoms with Crippen molar-refractivity contribution >= 4 is 23.2 Å². The molecule has 1 rings (SSSR count). The summed E-state index contributed by atoms with van der Waals surface area (Å²) in [6.07, 6.45) is 0. The molecule has 1 atom stereocenters. The molecule has 0 saturated heterocycles. The van der Waals surface area contributed by atoms with Gasteiger partial charge in [-0.25, -0.2) is 0 Å². The average Bonchev–Trinajstić information content (AvgIpc) is 2.25. The molecule has 0 aliphatic heterocycles. The fourth-order valence-corrected chi connectivity index (χ4v) is 2.16. The zero-order valence-corrected chi connectivity index (χ0v) is 10.8. The quantitative estimate of drug-likeness (QED) is 0.859. The molecule has 5 heteroatoms. The Kier molecular flexibility index (Phi) is 5.35. The summed E-state index contributed by atoms with van der Waals surface area (Å²) in [5.74, 6) is 0.547. The van der Waals surface area contributed by atoms with Gasteiger partial charge in [0.15, 0.2) is 0 Å². The second-order valence-electron chi connectivity index (χ2n) is 3.30. The van der Waals surface area contributed by atoms with Crippen molar-refractivity contribution in [2.24, 2.45) is 0 Å². The molecule has 90 valence electrons. The van der Waals surface area contributed by atoms with Gasteiger partial charge in [-0.1, -0.05) is 30.1 Å². The van der Waals surface area contributed by atoms with Gasteiger partial charge in [-0.05, 0) is 18.7 Å². The molecule has 3 nitrogen and oxygen atoms in total. The molecular formula is C11H15Cl2NO2. The lowest BCUT2D eigenvalue weighted by Gasteiger charge is -2.19. The molecule has 0 aromatic heterocycles. The van der Waals surface area contributed by atoms with Gasteiger partial charge in [-0.15, -0.1) is 0 Å².